The van der Waals surface area contributed by atoms with Crippen LogP contribution >= 0.6 is 22.6 Å². The lowest BCUT2D eigenvalue weighted by Crippen LogP contribution is -2.44. The van der Waals surface area contributed by atoms with Crippen molar-refractivity contribution in [2.75, 3.05) is 6.54 Å². The summed E-state index contributed by atoms with van der Waals surface area (Å²) in [5.41, 5.74) is 0.789. The van der Waals surface area contributed by atoms with Gasteiger partial charge in [0.1, 0.15) is 11.3 Å². The van der Waals surface area contributed by atoms with Gasteiger partial charge in [0.25, 0.3) is 0 Å². The second-order valence-corrected chi connectivity index (χ2v) is 8.77. The van der Waals surface area contributed by atoms with E-state index in [0.717, 1.165) is 21.4 Å². The van der Waals surface area contributed by atoms with Gasteiger partial charge in [0.2, 0.25) is 0 Å². The number of carbonyl (C=O) groups is 1. The van der Waals surface area contributed by atoms with E-state index in [1.165, 1.54) is 12.1 Å². The molecule has 0 bridgehead atoms. The quantitative estimate of drug-likeness (QED) is 0.480. The van der Waals surface area contributed by atoms with E-state index in [9.17, 15) is 18.0 Å². The Morgan fingerprint density at radius 2 is 1.79 bits per heavy atom. The highest BCUT2D eigenvalue weighted by Crippen LogP contribution is 2.37. The molecule has 1 amide bonds. The maximum absolute atomic E-state index is 12.8. The van der Waals surface area contributed by atoms with Crippen molar-refractivity contribution in [3.05, 3.63) is 39.1 Å². The van der Waals surface area contributed by atoms with Crippen molar-refractivity contribution < 1.29 is 22.7 Å². The van der Waals surface area contributed by atoms with E-state index >= 15 is 0 Å². The third-order valence-corrected chi connectivity index (χ3v) is 5.52. The fraction of sp³-hybridized carbons (Fsp3) is 0.474. The highest BCUT2D eigenvalue weighted by atomic mass is 127. The van der Waals surface area contributed by atoms with Gasteiger partial charge in [0.05, 0.1) is 27.4 Å². The molecule has 28 heavy (non-hydrogen) atoms. The number of hydrogen-bond acceptors (Lipinski definition) is 3. The van der Waals surface area contributed by atoms with Crippen molar-refractivity contribution in [3.63, 3.8) is 0 Å². The summed E-state index contributed by atoms with van der Waals surface area (Å²) in [6.45, 7) is 8.29. The Hall–Kier alpha value is -1.78. The standard InChI is InChI=1S/C19H21F3IN3O2/c1-11-16-14(23)15(12-5-7-13(8-6-12)19(20,21)22)24-26(16)10-9-25(11)17(27)28-18(2,3)4/h5-8,11H,9-10H2,1-4H3/t11-/m1/s1. The molecule has 1 aliphatic rings. The Morgan fingerprint density at radius 1 is 1.18 bits per heavy atom. The predicted molar refractivity (Wildman–Crippen MR) is 107 cm³/mol. The van der Waals surface area contributed by atoms with Gasteiger partial charge in [-0.25, -0.2) is 4.79 Å². The van der Waals surface area contributed by atoms with Crippen LogP contribution in [0.2, 0.25) is 0 Å². The molecule has 0 N–H and O–H groups in total. The lowest BCUT2D eigenvalue weighted by Gasteiger charge is -2.35. The van der Waals surface area contributed by atoms with Crippen LogP contribution in [-0.4, -0.2) is 32.9 Å². The van der Waals surface area contributed by atoms with Gasteiger partial charge in [0, 0.05) is 12.1 Å². The lowest BCUT2D eigenvalue weighted by atomic mass is 10.1. The summed E-state index contributed by atoms with van der Waals surface area (Å²) < 4.78 is 46.5. The number of benzene rings is 1. The predicted octanol–water partition coefficient (Wildman–Crippen LogP) is 5.49. The van der Waals surface area contributed by atoms with E-state index < -0.39 is 17.3 Å². The molecule has 0 unspecified atom stereocenters. The SMILES string of the molecule is C[C@@H]1c2c(I)c(-c3ccc(C(F)(F)F)cc3)nn2CCN1C(=O)OC(C)(C)C. The molecule has 9 heteroatoms. The molecule has 0 saturated carbocycles. The van der Waals surface area contributed by atoms with Gasteiger partial charge in [-0.3, -0.25) is 9.58 Å². The van der Waals surface area contributed by atoms with Gasteiger partial charge in [-0.15, -0.1) is 0 Å². The molecule has 1 atom stereocenters. The van der Waals surface area contributed by atoms with Crippen LogP contribution in [0.5, 0.6) is 0 Å². The number of hydrogen-bond donors (Lipinski definition) is 0. The van der Waals surface area contributed by atoms with Gasteiger partial charge in [-0.1, -0.05) is 12.1 Å². The van der Waals surface area contributed by atoms with Crippen LogP contribution in [0.3, 0.4) is 0 Å². The summed E-state index contributed by atoms with van der Waals surface area (Å²) in [5.74, 6) is 0. The molecule has 0 aliphatic carbocycles. The largest absolute Gasteiger partial charge is 0.444 e. The number of aromatic nitrogens is 2. The van der Waals surface area contributed by atoms with Crippen LogP contribution in [0.1, 0.15) is 45.0 Å². The molecule has 1 aliphatic heterocycles. The molecular formula is C19H21F3IN3O2. The first-order valence-electron chi connectivity index (χ1n) is 8.82. The van der Waals surface area contributed by atoms with E-state index in [4.69, 9.17) is 4.74 Å². The highest BCUT2D eigenvalue weighted by Gasteiger charge is 2.35. The average molecular weight is 507 g/mol. The Morgan fingerprint density at radius 3 is 2.32 bits per heavy atom. The molecular weight excluding hydrogens is 486 g/mol. The zero-order valence-electron chi connectivity index (χ0n) is 16.0. The molecule has 0 saturated heterocycles. The number of amides is 1. The smallest absolute Gasteiger partial charge is 0.416 e. The van der Waals surface area contributed by atoms with E-state index in [1.54, 1.807) is 4.90 Å². The van der Waals surface area contributed by atoms with E-state index in [2.05, 4.69) is 27.7 Å². The molecule has 2 aromatic rings. The fourth-order valence-electron chi connectivity index (χ4n) is 3.14. The molecule has 0 radical (unpaired) electrons. The highest BCUT2D eigenvalue weighted by molar-refractivity contribution is 14.1. The first-order valence-corrected chi connectivity index (χ1v) is 9.90. The topological polar surface area (TPSA) is 47.4 Å². The third-order valence-electron chi connectivity index (χ3n) is 4.46. The average Bonchev–Trinajstić information content (AvgIpc) is 2.90. The number of carbonyl (C=O) groups excluding carboxylic acids is 1. The summed E-state index contributed by atoms with van der Waals surface area (Å²) in [5, 5.41) is 4.58. The van der Waals surface area contributed by atoms with E-state index in [-0.39, 0.29) is 12.1 Å². The molecule has 3 rings (SSSR count). The normalized spacial score (nSPS) is 17.4. The number of ether oxygens (including phenoxy) is 1. The number of nitrogens with zero attached hydrogens (tertiary/aromatic N) is 3. The van der Waals surface area contributed by atoms with Crippen molar-refractivity contribution in [1.82, 2.24) is 14.7 Å². The van der Waals surface area contributed by atoms with Crippen LogP contribution in [0.4, 0.5) is 18.0 Å². The maximum Gasteiger partial charge on any atom is 0.416 e. The number of rotatable bonds is 1. The second kappa shape index (κ2) is 7.23. The Balaban J connectivity index is 1.91. The zero-order valence-corrected chi connectivity index (χ0v) is 18.1. The molecule has 0 fully saturated rings. The molecule has 1 aromatic heterocycles. The summed E-state index contributed by atoms with van der Waals surface area (Å²) in [6, 6.07) is 4.71. The zero-order chi connectivity index (χ0) is 20.9. The van der Waals surface area contributed by atoms with E-state index in [0.29, 0.717) is 24.3 Å². The van der Waals surface area contributed by atoms with Gasteiger partial charge in [0.15, 0.2) is 0 Å². The van der Waals surface area contributed by atoms with E-state index in [1.807, 2.05) is 32.4 Å². The molecule has 0 spiro atoms. The monoisotopic (exact) mass is 507 g/mol. The summed E-state index contributed by atoms with van der Waals surface area (Å²) >= 11 is 2.14. The summed E-state index contributed by atoms with van der Waals surface area (Å²) in [6.07, 6.45) is -4.76. The number of halogens is 4. The van der Waals surface area contributed by atoms with Crippen LogP contribution in [-0.2, 0) is 17.5 Å². The summed E-state index contributed by atoms with van der Waals surface area (Å²) in [4.78, 5) is 14.2. The van der Waals surface area contributed by atoms with Crippen molar-refractivity contribution >= 4 is 28.7 Å². The minimum absolute atomic E-state index is 0.258. The van der Waals surface area contributed by atoms with Gasteiger partial charge in [-0.05, 0) is 62.4 Å². The molecule has 5 nitrogen and oxygen atoms in total. The minimum atomic E-state index is -4.37. The first kappa shape index (κ1) is 20.9. The van der Waals surface area contributed by atoms with Crippen molar-refractivity contribution in [1.29, 1.82) is 0 Å². The summed E-state index contributed by atoms with van der Waals surface area (Å²) in [7, 11) is 0. The number of alkyl halides is 3. The fourth-order valence-corrected chi connectivity index (χ4v) is 4.29. The van der Waals surface area contributed by atoms with Gasteiger partial charge < -0.3 is 4.74 Å². The van der Waals surface area contributed by atoms with Crippen molar-refractivity contribution in [2.24, 2.45) is 0 Å². The van der Waals surface area contributed by atoms with Crippen LogP contribution < -0.4 is 0 Å². The van der Waals surface area contributed by atoms with Crippen molar-refractivity contribution in [2.45, 2.75) is 52.1 Å². The Kier molecular flexibility index (Phi) is 5.41. The number of fused-ring (bicyclic) bond motifs is 1. The lowest BCUT2D eigenvalue weighted by molar-refractivity contribution is -0.137. The molecule has 152 valence electrons. The first-order chi connectivity index (χ1) is 12.9. The maximum atomic E-state index is 12.8. The Labute approximate surface area is 175 Å². The Bertz CT molecular complexity index is 886. The molecule has 2 heterocycles. The third kappa shape index (κ3) is 4.13. The van der Waals surface area contributed by atoms with Gasteiger partial charge in [-0.2, -0.15) is 18.3 Å². The molecule has 1 aromatic carbocycles. The second-order valence-electron chi connectivity index (χ2n) is 7.70. The minimum Gasteiger partial charge on any atom is -0.444 e. The van der Waals surface area contributed by atoms with Crippen LogP contribution in [0, 0.1) is 3.57 Å². The van der Waals surface area contributed by atoms with Crippen molar-refractivity contribution in [3.8, 4) is 11.3 Å². The van der Waals surface area contributed by atoms with Crippen LogP contribution in [0.15, 0.2) is 24.3 Å². The van der Waals surface area contributed by atoms with Crippen LogP contribution in [0.25, 0.3) is 11.3 Å². The van der Waals surface area contributed by atoms with Gasteiger partial charge >= 0.3 is 12.3 Å².